The van der Waals surface area contributed by atoms with E-state index in [1.54, 1.807) is 0 Å². The molecule has 0 bridgehead atoms. The molecule has 9 nitrogen and oxygen atoms in total. The zero-order valence-electron chi connectivity index (χ0n) is 16.8. The molecule has 0 aliphatic rings. The van der Waals surface area contributed by atoms with Crippen LogP contribution in [-0.2, 0) is 14.8 Å². The maximum atomic E-state index is 12.4. The summed E-state index contributed by atoms with van der Waals surface area (Å²) in [5.74, 6) is -0.0323. The van der Waals surface area contributed by atoms with Crippen LogP contribution in [0.5, 0.6) is 5.75 Å². The van der Waals surface area contributed by atoms with E-state index in [-0.39, 0.29) is 17.1 Å². The van der Waals surface area contributed by atoms with Crippen LogP contribution in [0.25, 0.3) is 0 Å². The summed E-state index contributed by atoms with van der Waals surface area (Å²) in [6.45, 7) is 4.12. The first-order valence-corrected chi connectivity index (χ1v) is 11.1. The molecule has 0 radical (unpaired) electrons. The third-order valence-corrected chi connectivity index (χ3v) is 5.59. The minimum atomic E-state index is -3.88. The van der Waals surface area contributed by atoms with E-state index in [1.165, 1.54) is 19.2 Å². The molecule has 0 aliphatic heterocycles. The highest BCUT2D eigenvalue weighted by Crippen LogP contribution is 2.33. The maximum Gasteiger partial charge on any atom is 0.271 e. The lowest BCUT2D eigenvalue weighted by Crippen LogP contribution is -2.41. The van der Waals surface area contributed by atoms with Gasteiger partial charge in [0.15, 0.2) is 0 Å². The Kier molecular flexibility index (Phi) is 9.17. The molecule has 0 aromatic heterocycles. The van der Waals surface area contributed by atoms with Crippen LogP contribution in [0.4, 0.5) is 11.4 Å². The minimum Gasteiger partial charge on any atom is -0.495 e. The Hall–Kier alpha value is -2.36. The fourth-order valence-corrected chi connectivity index (χ4v) is 3.61. The summed E-state index contributed by atoms with van der Waals surface area (Å²) in [4.78, 5) is 22.8. The maximum absolute atomic E-state index is 12.4. The van der Waals surface area contributed by atoms with Gasteiger partial charge in [-0.05, 0) is 18.4 Å². The van der Waals surface area contributed by atoms with Crippen LogP contribution in [0.15, 0.2) is 18.2 Å². The third kappa shape index (κ3) is 6.99. The van der Waals surface area contributed by atoms with Crippen LogP contribution >= 0.6 is 0 Å². The van der Waals surface area contributed by atoms with Gasteiger partial charge in [0.1, 0.15) is 18.0 Å². The number of benzene rings is 1. The Balaban J connectivity index is 3.03. The first-order chi connectivity index (χ1) is 13.1. The van der Waals surface area contributed by atoms with Gasteiger partial charge in [0, 0.05) is 18.7 Å². The highest BCUT2D eigenvalue weighted by molar-refractivity contribution is 7.92. The van der Waals surface area contributed by atoms with E-state index in [2.05, 4.69) is 12.2 Å². The van der Waals surface area contributed by atoms with Crippen LogP contribution in [-0.4, -0.2) is 45.7 Å². The normalized spacial score (nSPS) is 12.3. The van der Waals surface area contributed by atoms with Crippen molar-refractivity contribution >= 4 is 27.3 Å². The second-order valence-electron chi connectivity index (χ2n) is 6.60. The van der Waals surface area contributed by atoms with Gasteiger partial charge in [-0.15, -0.1) is 0 Å². The molecule has 1 atom stereocenters. The zero-order chi connectivity index (χ0) is 21.3. The zero-order valence-corrected chi connectivity index (χ0v) is 17.6. The monoisotopic (exact) mass is 415 g/mol. The largest absolute Gasteiger partial charge is 0.495 e. The van der Waals surface area contributed by atoms with Gasteiger partial charge >= 0.3 is 0 Å². The number of carbonyl (C=O) groups is 1. The Morgan fingerprint density at radius 3 is 2.54 bits per heavy atom. The standard InChI is InChI=1S/C18H29N3O6S/c1-5-7-8-14(6-2)12-19-18(22)13-20(28(4,25)26)16-11-15(21(23)24)9-10-17(16)27-3/h9-11,14H,5-8,12-13H2,1-4H3,(H,19,22)/t14-/m1/s1. The number of rotatable bonds is 12. The summed E-state index contributed by atoms with van der Waals surface area (Å²) in [7, 11) is -2.55. The number of nitrogens with one attached hydrogen (secondary N) is 1. The van der Waals surface area contributed by atoms with Crippen molar-refractivity contribution in [3.8, 4) is 5.75 Å². The van der Waals surface area contributed by atoms with Gasteiger partial charge in [0.25, 0.3) is 5.69 Å². The van der Waals surface area contributed by atoms with Gasteiger partial charge in [-0.2, -0.15) is 0 Å². The predicted octanol–water partition coefficient (Wildman–Crippen LogP) is 2.70. The van der Waals surface area contributed by atoms with E-state index in [0.29, 0.717) is 12.5 Å². The number of hydrogen-bond donors (Lipinski definition) is 1. The molecule has 0 saturated carbocycles. The first-order valence-electron chi connectivity index (χ1n) is 9.20. The van der Waals surface area contributed by atoms with E-state index in [1.807, 2.05) is 6.92 Å². The number of nitro groups is 1. The van der Waals surface area contributed by atoms with Gasteiger partial charge in [-0.25, -0.2) is 8.42 Å². The summed E-state index contributed by atoms with van der Waals surface area (Å²) < 4.78 is 30.5. The number of non-ortho nitro benzene ring substituents is 1. The summed E-state index contributed by atoms with van der Waals surface area (Å²) in [5.41, 5.74) is -0.345. The van der Waals surface area contributed by atoms with Crippen molar-refractivity contribution in [2.24, 2.45) is 5.92 Å². The average Bonchev–Trinajstić information content (AvgIpc) is 2.64. The van der Waals surface area contributed by atoms with Crippen molar-refractivity contribution in [2.45, 2.75) is 39.5 Å². The van der Waals surface area contributed by atoms with E-state index in [9.17, 15) is 23.3 Å². The van der Waals surface area contributed by atoms with Crippen molar-refractivity contribution in [3.63, 3.8) is 0 Å². The highest BCUT2D eigenvalue weighted by atomic mass is 32.2. The van der Waals surface area contributed by atoms with Crippen molar-refractivity contribution < 1.29 is 22.9 Å². The van der Waals surface area contributed by atoms with E-state index < -0.39 is 27.4 Å². The lowest BCUT2D eigenvalue weighted by atomic mass is 9.99. The number of sulfonamides is 1. The molecule has 0 spiro atoms. The van der Waals surface area contributed by atoms with Crippen LogP contribution in [0.3, 0.4) is 0 Å². The number of anilines is 1. The number of nitrogens with zero attached hydrogens (tertiary/aromatic N) is 2. The first kappa shape index (κ1) is 23.7. The van der Waals surface area contributed by atoms with Crippen LogP contribution in [0.1, 0.15) is 39.5 Å². The molecule has 0 fully saturated rings. The third-order valence-electron chi connectivity index (χ3n) is 4.46. The summed E-state index contributed by atoms with van der Waals surface area (Å²) in [6.07, 6.45) is 4.97. The number of carbonyl (C=O) groups excluding carboxylic acids is 1. The Labute approximate surface area is 166 Å². The molecule has 0 aliphatic carbocycles. The Bertz CT molecular complexity index is 782. The van der Waals surface area contributed by atoms with Crippen LogP contribution in [0, 0.1) is 16.0 Å². The topological polar surface area (TPSA) is 119 Å². The summed E-state index contributed by atoms with van der Waals surface area (Å²) in [6, 6.07) is 3.60. The van der Waals surface area contributed by atoms with E-state index in [4.69, 9.17) is 4.74 Å². The summed E-state index contributed by atoms with van der Waals surface area (Å²) >= 11 is 0. The Morgan fingerprint density at radius 2 is 2.04 bits per heavy atom. The molecule has 1 N–H and O–H groups in total. The molecular weight excluding hydrogens is 386 g/mol. The fourth-order valence-electron chi connectivity index (χ4n) is 2.76. The van der Waals surface area contributed by atoms with Gasteiger partial charge < -0.3 is 10.1 Å². The second kappa shape index (κ2) is 10.8. The van der Waals surface area contributed by atoms with Crippen molar-refractivity contribution in [1.29, 1.82) is 0 Å². The smallest absolute Gasteiger partial charge is 0.271 e. The number of hydrogen-bond acceptors (Lipinski definition) is 6. The highest BCUT2D eigenvalue weighted by Gasteiger charge is 2.26. The molecular formula is C18H29N3O6S. The van der Waals surface area contributed by atoms with E-state index >= 15 is 0 Å². The molecule has 1 rings (SSSR count). The molecule has 28 heavy (non-hydrogen) atoms. The molecule has 1 amide bonds. The predicted molar refractivity (Wildman–Crippen MR) is 108 cm³/mol. The molecule has 10 heteroatoms. The SMILES string of the molecule is CCCC[C@@H](CC)CNC(=O)CN(c1cc([N+](=O)[O-])ccc1OC)S(C)(=O)=O. The molecule has 0 heterocycles. The van der Waals surface area contributed by atoms with Gasteiger partial charge in [-0.1, -0.05) is 33.1 Å². The lowest BCUT2D eigenvalue weighted by Gasteiger charge is -2.24. The van der Waals surface area contributed by atoms with Crippen molar-refractivity contribution in [3.05, 3.63) is 28.3 Å². The minimum absolute atomic E-state index is 0.0487. The number of unbranched alkanes of at least 4 members (excludes halogenated alkanes) is 1. The van der Waals surface area contributed by atoms with Crippen LogP contribution < -0.4 is 14.4 Å². The number of ether oxygens (including phenoxy) is 1. The number of methoxy groups -OCH3 is 1. The summed E-state index contributed by atoms with van der Waals surface area (Å²) in [5, 5.41) is 13.8. The Morgan fingerprint density at radius 1 is 1.36 bits per heavy atom. The molecule has 0 saturated heterocycles. The fraction of sp³-hybridized carbons (Fsp3) is 0.611. The quantitative estimate of drug-likeness (QED) is 0.414. The van der Waals surface area contributed by atoms with Gasteiger partial charge in [0.2, 0.25) is 15.9 Å². The lowest BCUT2D eigenvalue weighted by molar-refractivity contribution is -0.384. The molecule has 0 unspecified atom stereocenters. The van der Waals surface area contributed by atoms with Gasteiger partial charge in [-0.3, -0.25) is 19.2 Å². The number of nitro benzene ring substituents is 1. The molecule has 1 aromatic carbocycles. The number of amides is 1. The van der Waals surface area contributed by atoms with Crippen LogP contribution in [0.2, 0.25) is 0 Å². The average molecular weight is 416 g/mol. The van der Waals surface area contributed by atoms with Crippen molar-refractivity contribution in [1.82, 2.24) is 5.32 Å². The van der Waals surface area contributed by atoms with Crippen molar-refractivity contribution in [2.75, 3.05) is 30.8 Å². The van der Waals surface area contributed by atoms with E-state index in [0.717, 1.165) is 42.3 Å². The van der Waals surface area contributed by atoms with Gasteiger partial charge in [0.05, 0.1) is 18.3 Å². The molecule has 1 aromatic rings. The molecule has 158 valence electrons. The second-order valence-corrected chi connectivity index (χ2v) is 8.51.